The average molecular weight is 193 g/mol. The van der Waals surface area contributed by atoms with Crippen LogP contribution in [0.4, 0.5) is 0 Å². The molecule has 0 aliphatic rings. The highest BCUT2D eigenvalue weighted by molar-refractivity contribution is 7.99. The molecule has 1 heterocycles. The maximum Gasteiger partial charge on any atom is 0.188 e. The SMILES string of the molecule is Cc1cc(C)nc(SCCC#N)n1. The van der Waals surface area contributed by atoms with Crippen molar-refractivity contribution in [2.45, 2.75) is 25.4 Å². The van der Waals surface area contributed by atoms with Gasteiger partial charge in [-0.1, -0.05) is 11.8 Å². The Balaban J connectivity index is 2.62. The van der Waals surface area contributed by atoms with Gasteiger partial charge in [0.05, 0.1) is 6.07 Å². The number of hydrogen-bond donors (Lipinski definition) is 0. The Labute approximate surface area is 82.2 Å². The molecular formula is C9H11N3S. The Morgan fingerprint density at radius 2 is 2.00 bits per heavy atom. The fourth-order valence-electron chi connectivity index (χ4n) is 0.946. The van der Waals surface area contributed by atoms with Gasteiger partial charge in [0, 0.05) is 23.6 Å². The molecule has 0 aliphatic heterocycles. The minimum atomic E-state index is 0.543. The molecule has 0 aromatic carbocycles. The lowest BCUT2D eigenvalue weighted by molar-refractivity contribution is 0.901. The van der Waals surface area contributed by atoms with E-state index in [9.17, 15) is 0 Å². The Morgan fingerprint density at radius 3 is 2.54 bits per heavy atom. The Bertz CT molecular complexity index is 310. The average Bonchev–Trinajstić information content (AvgIpc) is 2.03. The van der Waals surface area contributed by atoms with Crippen LogP contribution in [0.3, 0.4) is 0 Å². The molecule has 4 heteroatoms. The van der Waals surface area contributed by atoms with Gasteiger partial charge in [-0.2, -0.15) is 5.26 Å². The molecule has 68 valence electrons. The van der Waals surface area contributed by atoms with Gasteiger partial charge in [0.25, 0.3) is 0 Å². The quantitative estimate of drug-likeness (QED) is 0.419. The van der Waals surface area contributed by atoms with Crippen molar-refractivity contribution in [2.24, 2.45) is 0 Å². The summed E-state index contributed by atoms with van der Waals surface area (Å²) in [6.45, 7) is 3.89. The molecule has 0 bridgehead atoms. The Hall–Kier alpha value is -1.08. The van der Waals surface area contributed by atoms with Crippen LogP contribution in [0.2, 0.25) is 0 Å². The van der Waals surface area contributed by atoms with Gasteiger partial charge < -0.3 is 0 Å². The van der Waals surface area contributed by atoms with Crippen LogP contribution in [0.15, 0.2) is 11.2 Å². The molecule has 3 nitrogen and oxygen atoms in total. The molecule has 1 aromatic heterocycles. The molecule has 1 rings (SSSR count). The number of hydrogen-bond acceptors (Lipinski definition) is 4. The third-order valence-corrected chi connectivity index (χ3v) is 2.26. The van der Waals surface area contributed by atoms with E-state index in [1.165, 1.54) is 11.8 Å². The zero-order chi connectivity index (χ0) is 9.68. The summed E-state index contributed by atoms with van der Waals surface area (Å²) in [4.78, 5) is 8.50. The van der Waals surface area contributed by atoms with E-state index in [1.54, 1.807) is 0 Å². The van der Waals surface area contributed by atoms with Gasteiger partial charge >= 0.3 is 0 Å². The van der Waals surface area contributed by atoms with E-state index >= 15 is 0 Å². The molecule has 0 saturated carbocycles. The molecular weight excluding hydrogens is 182 g/mol. The van der Waals surface area contributed by atoms with Crippen LogP contribution in [0, 0.1) is 25.2 Å². The van der Waals surface area contributed by atoms with E-state index < -0.39 is 0 Å². The molecule has 0 radical (unpaired) electrons. The third-order valence-electron chi connectivity index (χ3n) is 1.41. The monoisotopic (exact) mass is 193 g/mol. The first-order chi connectivity index (χ1) is 6.22. The highest BCUT2D eigenvalue weighted by Gasteiger charge is 1.99. The first-order valence-electron chi connectivity index (χ1n) is 4.04. The van der Waals surface area contributed by atoms with Crippen LogP contribution in [0.25, 0.3) is 0 Å². The number of aromatic nitrogens is 2. The van der Waals surface area contributed by atoms with Crippen molar-refractivity contribution in [3.8, 4) is 6.07 Å². The largest absolute Gasteiger partial charge is 0.228 e. The predicted molar refractivity (Wildman–Crippen MR) is 52.5 cm³/mol. The van der Waals surface area contributed by atoms with Gasteiger partial charge in [-0.3, -0.25) is 0 Å². The number of aryl methyl sites for hydroxylation is 2. The highest BCUT2D eigenvalue weighted by Crippen LogP contribution is 2.14. The summed E-state index contributed by atoms with van der Waals surface area (Å²) in [5, 5.41) is 9.12. The van der Waals surface area contributed by atoms with Crippen LogP contribution in [0.5, 0.6) is 0 Å². The molecule has 1 aromatic rings. The molecule has 0 amide bonds. The van der Waals surface area contributed by atoms with Gasteiger partial charge in [0.15, 0.2) is 5.16 Å². The maximum absolute atomic E-state index is 8.35. The third kappa shape index (κ3) is 3.43. The van der Waals surface area contributed by atoms with Crippen molar-refractivity contribution in [3.05, 3.63) is 17.5 Å². The molecule has 0 unspecified atom stereocenters. The maximum atomic E-state index is 8.35. The predicted octanol–water partition coefficient (Wildman–Crippen LogP) is 2.10. The minimum Gasteiger partial charge on any atom is -0.228 e. The minimum absolute atomic E-state index is 0.543. The van der Waals surface area contributed by atoms with Crippen LogP contribution in [-0.2, 0) is 0 Å². The zero-order valence-corrected chi connectivity index (χ0v) is 8.56. The van der Waals surface area contributed by atoms with Crippen molar-refractivity contribution in [3.63, 3.8) is 0 Å². The lowest BCUT2D eigenvalue weighted by atomic mass is 10.4. The zero-order valence-electron chi connectivity index (χ0n) is 7.74. The van der Waals surface area contributed by atoms with E-state index in [2.05, 4.69) is 16.0 Å². The smallest absolute Gasteiger partial charge is 0.188 e. The van der Waals surface area contributed by atoms with Crippen LogP contribution in [-0.4, -0.2) is 15.7 Å². The second kappa shape index (κ2) is 4.83. The van der Waals surface area contributed by atoms with Gasteiger partial charge in [-0.25, -0.2) is 9.97 Å². The summed E-state index contributed by atoms with van der Waals surface area (Å²) in [5.74, 6) is 0.763. The summed E-state index contributed by atoms with van der Waals surface area (Å²) in [6.07, 6.45) is 0.543. The van der Waals surface area contributed by atoms with Crippen molar-refractivity contribution in [1.29, 1.82) is 5.26 Å². The first-order valence-corrected chi connectivity index (χ1v) is 5.03. The molecule has 0 N–H and O–H groups in total. The van der Waals surface area contributed by atoms with Crippen molar-refractivity contribution in [2.75, 3.05) is 5.75 Å². The second-order valence-corrected chi connectivity index (χ2v) is 3.75. The van der Waals surface area contributed by atoms with Crippen molar-refractivity contribution in [1.82, 2.24) is 9.97 Å². The van der Waals surface area contributed by atoms with E-state index in [-0.39, 0.29) is 0 Å². The number of thioether (sulfide) groups is 1. The fraction of sp³-hybridized carbons (Fsp3) is 0.444. The van der Waals surface area contributed by atoms with Crippen LogP contribution < -0.4 is 0 Å². The van der Waals surface area contributed by atoms with E-state index in [0.29, 0.717) is 6.42 Å². The highest BCUT2D eigenvalue weighted by atomic mass is 32.2. The van der Waals surface area contributed by atoms with E-state index in [1.807, 2.05) is 19.9 Å². The first kappa shape index (κ1) is 10.0. The number of nitriles is 1. The van der Waals surface area contributed by atoms with Gasteiger partial charge in [-0.05, 0) is 19.9 Å². The molecule has 0 aliphatic carbocycles. The topological polar surface area (TPSA) is 49.6 Å². The van der Waals surface area contributed by atoms with Crippen LogP contribution >= 0.6 is 11.8 Å². The molecule has 0 saturated heterocycles. The Kier molecular flexibility index (Phi) is 3.71. The number of rotatable bonds is 3. The normalized spacial score (nSPS) is 9.62. The molecule has 0 spiro atoms. The van der Waals surface area contributed by atoms with E-state index in [0.717, 1.165) is 22.3 Å². The van der Waals surface area contributed by atoms with Gasteiger partial charge in [0.2, 0.25) is 0 Å². The molecule has 13 heavy (non-hydrogen) atoms. The Morgan fingerprint density at radius 1 is 1.38 bits per heavy atom. The summed E-state index contributed by atoms with van der Waals surface area (Å²) in [5.41, 5.74) is 1.96. The standard InChI is InChI=1S/C9H11N3S/c1-7-6-8(2)12-9(11-7)13-5-3-4-10/h6H,3,5H2,1-2H3. The number of nitrogens with zero attached hydrogens (tertiary/aromatic N) is 3. The summed E-state index contributed by atoms with van der Waals surface area (Å²) in [7, 11) is 0. The van der Waals surface area contributed by atoms with Gasteiger partial charge in [0.1, 0.15) is 0 Å². The summed E-state index contributed by atoms with van der Waals surface area (Å²) >= 11 is 1.53. The van der Waals surface area contributed by atoms with Crippen molar-refractivity contribution >= 4 is 11.8 Å². The lowest BCUT2D eigenvalue weighted by Gasteiger charge is -2.00. The second-order valence-electron chi connectivity index (χ2n) is 2.69. The molecule has 0 atom stereocenters. The van der Waals surface area contributed by atoms with Crippen molar-refractivity contribution < 1.29 is 0 Å². The summed E-state index contributed by atoms with van der Waals surface area (Å²) < 4.78 is 0. The van der Waals surface area contributed by atoms with E-state index in [4.69, 9.17) is 5.26 Å². The van der Waals surface area contributed by atoms with Gasteiger partial charge in [-0.15, -0.1) is 0 Å². The summed E-state index contributed by atoms with van der Waals surface area (Å²) in [6, 6.07) is 4.03. The molecule has 0 fully saturated rings. The lowest BCUT2D eigenvalue weighted by Crippen LogP contribution is -1.93. The fourth-order valence-corrected chi connectivity index (χ4v) is 1.74. The van der Waals surface area contributed by atoms with Crippen LogP contribution in [0.1, 0.15) is 17.8 Å².